The first-order valence-corrected chi connectivity index (χ1v) is 8.37. The van der Waals surface area contributed by atoms with Gasteiger partial charge in [-0.15, -0.1) is 0 Å². The molecule has 2 fully saturated rings. The summed E-state index contributed by atoms with van der Waals surface area (Å²) in [5.74, 6) is 0.761. The minimum atomic E-state index is 0.581. The summed E-state index contributed by atoms with van der Waals surface area (Å²) in [6, 6.07) is 3.38. The second-order valence-electron chi connectivity index (χ2n) is 6.69. The van der Waals surface area contributed by atoms with E-state index in [1.165, 1.54) is 56.4 Å². The van der Waals surface area contributed by atoms with Crippen LogP contribution in [0.5, 0.6) is 0 Å². The monoisotopic (exact) mass is 288 g/mol. The van der Waals surface area contributed by atoms with Crippen molar-refractivity contribution >= 4 is 11.4 Å². The number of hydrogen-bond donors (Lipinski definition) is 2. The van der Waals surface area contributed by atoms with Crippen molar-refractivity contribution in [1.82, 2.24) is 10.3 Å². The van der Waals surface area contributed by atoms with Gasteiger partial charge in [-0.05, 0) is 44.2 Å². The van der Waals surface area contributed by atoms with Crippen LogP contribution < -0.4 is 15.5 Å². The maximum absolute atomic E-state index is 4.31. The van der Waals surface area contributed by atoms with Gasteiger partial charge in [0.15, 0.2) is 0 Å². The topological polar surface area (TPSA) is 40.2 Å². The van der Waals surface area contributed by atoms with E-state index < -0.39 is 0 Å². The number of hydrogen-bond acceptors (Lipinski definition) is 4. The van der Waals surface area contributed by atoms with E-state index in [0.717, 1.165) is 5.92 Å². The number of nitrogens with zero attached hydrogens (tertiary/aromatic N) is 2. The van der Waals surface area contributed by atoms with Crippen LogP contribution in [0.1, 0.15) is 38.5 Å². The van der Waals surface area contributed by atoms with Gasteiger partial charge in [-0.2, -0.15) is 0 Å². The van der Waals surface area contributed by atoms with E-state index in [0.29, 0.717) is 12.1 Å². The van der Waals surface area contributed by atoms with Crippen molar-refractivity contribution < 1.29 is 0 Å². The van der Waals surface area contributed by atoms with E-state index in [9.17, 15) is 0 Å². The largest absolute Gasteiger partial charge is 0.379 e. The molecule has 0 bridgehead atoms. The van der Waals surface area contributed by atoms with Gasteiger partial charge in [0.2, 0.25) is 0 Å². The molecule has 1 aromatic heterocycles. The summed E-state index contributed by atoms with van der Waals surface area (Å²) in [6.07, 6.45) is 11.9. The third kappa shape index (κ3) is 3.31. The lowest BCUT2D eigenvalue weighted by molar-refractivity contribution is 0.263. The molecule has 1 aliphatic heterocycles. The van der Waals surface area contributed by atoms with Crippen molar-refractivity contribution in [3.63, 3.8) is 0 Å². The van der Waals surface area contributed by atoms with Crippen molar-refractivity contribution in [2.45, 2.75) is 50.6 Å². The smallest absolute Gasteiger partial charge is 0.0766 e. The van der Waals surface area contributed by atoms with Crippen LogP contribution in [-0.4, -0.2) is 37.7 Å². The van der Waals surface area contributed by atoms with E-state index in [2.05, 4.69) is 40.7 Å². The Hall–Kier alpha value is -1.29. The van der Waals surface area contributed by atoms with Gasteiger partial charge < -0.3 is 15.5 Å². The highest BCUT2D eigenvalue weighted by molar-refractivity contribution is 5.68. The average molecular weight is 288 g/mol. The highest BCUT2D eigenvalue weighted by Crippen LogP contribution is 2.34. The van der Waals surface area contributed by atoms with Crippen molar-refractivity contribution in [2.24, 2.45) is 5.92 Å². The molecule has 0 aromatic carbocycles. The zero-order valence-corrected chi connectivity index (χ0v) is 13.3. The fourth-order valence-corrected chi connectivity index (χ4v) is 3.99. The summed E-state index contributed by atoms with van der Waals surface area (Å²) in [6.45, 7) is 1.20. The first-order chi connectivity index (χ1) is 10.3. The van der Waals surface area contributed by atoms with Crippen molar-refractivity contribution in [3.05, 3.63) is 18.5 Å². The molecule has 3 atom stereocenters. The van der Waals surface area contributed by atoms with Crippen LogP contribution in [0.4, 0.5) is 11.4 Å². The van der Waals surface area contributed by atoms with Crippen molar-refractivity contribution in [1.29, 1.82) is 0 Å². The molecule has 1 saturated heterocycles. The lowest BCUT2D eigenvalue weighted by Gasteiger charge is -2.37. The minimum Gasteiger partial charge on any atom is -0.379 e. The predicted molar refractivity (Wildman–Crippen MR) is 89.0 cm³/mol. The van der Waals surface area contributed by atoms with E-state index in [4.69, 9.17) is 0 Å². The summed E-state index contributed by atoms with van der Waals surface area (Å²) in [7, 11) is 4.19. The predicted octanol–water partition coefficient (Wildman–Crippen LogP) is 2.87. The van der Waals surface area contributed by atoms with Crippen LogP contribution in [0.15, 0.2) is 18.5 Å². The Kier molecular flexibility index (Phi) is 4.63. The van der Waals surface area contributed by atoms with Crippen molar-refractivity contribution in [2.75, 3.05) is 30.9 Å². The molecule has 0 radical (unpaired) electrons. The number of rotatable bonds is 4. The fraction of sp³-hybridized carbons (Fsp3) is 0.706. The summed E-state index contributed by atoms with van der Waals surface area (Å²) >= 11 is 0. The first-order valence-electron chi connectivity index (χ1n) is 8.37. The minimum absolute atomic E-state index is 0.581. The fourth-order valence-electron chi connectivity index (χ4n) is 3.99. The van der Waals surface area contributed by atoms with Gasteiger partial charge in [0, 0.05) is 32.4 Å². The summed E-state index contributed by atoms with van der Waals surface area (Å²) in [4.78, 5) is 6.47. The Morgan fingerprint density at radius 2 is 2.05 bits per heavy atom. The molecule has 116 valence electrons. The Balaban J connectivity index is 1.75. The molecule has 2 aliphatic rings. The molecule has 3 rings (SSSR count). The molecule has 3 unspecified atom stereocenters. The molecular weight excluding hydrogens is 260 g/mol. The SMILES string of the molecule is CN(C)c1ccncc1NC1CCCCC1C1CCCN1. The number of anilines is 2. The molecule has 4 heteroatoms. The van der Waals surface area contributed by atoms with Crippen LogP contribution in [0.25, 0.3) is 0 Å². The average Bonchev–Trinajstić information content (AvgIpc) is 3.02. The van der Waals surface area contributed by atoms with Crippen LogP contribution in [0.3, 0.4) is 0 Å². The van der Waals surface area contributed by atoms with Crippen LogP contribution in [0, 0.1) is 5.92 Å². The standard InChI is InChI=1S/C17H28N4/c1-21(2)17-9-11-18-12-16(17)20-15-7-4-3-6-13(15)14-8-5-10-19-14/h9,11-15,19-20H,3-8,10H2,1-2H3. The number of nitrogens with one attached hydrogen (secondary N) is 2. The molecule has 21 heavy (non-hydrogen) atoms. The number of aromatic nitrogens is 1. The molecule has 1 aliphatic carbocycles. The van der Waals surface area contributed by atoms with E-state index >= 15 is 0 Å². The Morgan fingerprint density at radius 3 is 2.81 bits per heavy atom. The van der Waals surface area contributed by atoms with Crippen LogP contribution in [-0.2, 0) is 0 Å². The summed E-state index contributed by atoms with van der Waals surface area (Å²) in [5.41, 5.74) is 2.41. The Morgan fingerprint density at radius 1 is 1.19 bits per heavy atom. The molecule has 0 amide bonds. The van der Waals surface area contributed by atoms with Crippen molar-refractivity contribution in [3.8, 4) is 0 Å². The van der Waals surface area contributed by atoms with Gasteiger partial charge in [-0.1, -0.05) is 12.8 Å². The molecule has 1 saturated carbocycles. The lowest BCUT2D eigenvalue weighted by Crippen LogP contribution is -2.43. The molecular formula is C17H28N4. The number of pyridine rings is 1. The summed E-state index contributed by atoms with van der Waals surface area (Å²) in [5, 5.41) is 7.53. The van der Waals surface area contributed by atoms with Gasteiger partial charge in [-0.25, -0.2) is 0 Å². The van der Waals surface area contributed by atoms with Gasteiger partial charge >= 0.3 is 0 Å². The quantitative estimate of drug-likeness (QED) is 0.894. The summed E-state index contributed by atoms with van der Waals surface area (Å²) < 4.78 is 0. The van der Waals surface area contributed by atoms with Gasteiger partial charge in [0.1, 0.15) is 0 Å². The molecule has 0 spiro atoms. The normalized spacial score (nSPS) is 29.3. The highest BCUT2D eigenvalue weighted by Gasteiger charge is 2.33. The Labute approximate surface area is 128 Å². The second-order valence-corrected chi connectivity index (χ2v) is 6.69. The van der Waals surface area contributed by atoms with E-state index in [1.807, 2.05) is 12.4 Å². The van der Waals surface area contributed by atoms with Gasteiger partial charge in [0.25, 0.3) is 0 Å². The third-order valence-electron chi connectivity index (χ3n) is 5.06. The molecule has 2 N–H and O–H groups in total. The third-order valence-corrected chi connectivity index (χ3v) is 5.06. The first kappa shape index (κ1) is 14.6. The second kappa shape index (κ2) is 6.65. The molecule has 1 aromatic rings. The highest BCUT2D eigenvalue weighted by atomic mass is 15.1. The Bertz CT molecular complexity index is 454. The van der Waals surface area contributed by atoms with Gasteiger partial charge in [0.05, 0.1) is 17.6 Å². The van der Waals surface area contributed by atoms with Gasteiger partial charge in [-0.3, -0.25) is 4.98 Å². The molecule has 2 heterocycles. The maximum atomic E-state index is 4.31. The maximum Gasteiger partial charge on any atom is 0.0766 e. The van der Waals surface area contributed by atoms with Crippen LogP contribution in [0.2, 0.25) is 0 Å². The lowest BCUT2D eigenvalue weighted by atomic mass is 9.79. The van der Waals surface area contributed by atoms with Crippen LogP contribution >= 0.6 is 0 Å². The molecule has 4 nitrogen and oxygen atoms in total. The van der Waals surface area contributed by atoms with E-state index in [1.54, 1.807) is 0 Å². The van der Waals surface area contributed by atoms with E-state index in [-0.39, 0.29) is 0 Å². The zero-order chi connectivity index (χ0) is 14.7. The zero-order valence-electron chi connectivity index (χ0n) is 13.3.